The Morgan fingerprint density at radius 3 is 2.77 bits per heavy atom. The summed E-state index contributed by atoms with van der Waals surface area (Å²) in [6.45, 7) is 8.78. The van der Waals surface area contributed by atoms with Crippen molar-refractivity contribution in [2.24, 2.45) is 5.10 Å². The Morgan fingerprint density at radius 1 is 1.33 bits per heavy atom. The minimum Gasteiger partial charge on any atom is -0.483 e. The van der Waals surface area contributed by atoms with E-state index >= 15 is 0 Å². The molecule has 0 spiro atoms. The van der Waals surface area contributed by atoms with E-state index in [0.29, 0.717) is 11.7 Å². The highest BCUT2D eigenvalue weighted by Gasteiger charge is 2.34. The zero-order valence-corrected chi connectivity index (χ0v) is 21.1. The number of carbonyl (C=O) groups excluding carboxylic acids is 1. The summed E-state index contributed by atoms with van der Waals surface area (Å²) in [5.41, 5.74) is 7.39. The number of ether oxygens (including phenoxy) is 1. The van der Waals surface area contributed by atoms with Gasteiger partial charge in [-0.1, -0.05) is 22.9 Å². The summed E-state index contributed by atoms with van der Waals surface area (Å²) in [5.74, 6) is 0.752. The zero-order valence-electron chi connectivity index (χ0n) is 17.9. The molecule has 0 aromatic heterocycles. The van der Waals surface area contributed by atoms with Crippen LogP contribution in [0.3, 0.4) is 0 Å². The minimum absolute atomic E-state index is 0.113. The molecule has 30 heavy (non-hydrogen) atoms. The Labute approximate surface area is 195 Å². The van der Waals surface area contributed by atoms with Crippen molar-refractivity contribution < 1.29 is 9.53 Å². The number of hydrogen-bond acceptors (Lipinski definition) is 4. The molecule has 2 aromatic rings. The summed E-state index contributed by atoms with van der Waals surface area (Å²) in [5, 5.41) is 4.14. The van der Waals surface area contributed by atoms with Crippen molar-refractivity contribution in [3.63, 3.8) is 0 Å². The van der Waals surface area contributed by atoms with Gasteiger partial charge in [0.1, 0.15) is 5.75 Å². The molecule has 1 amide bonds. The van der Waals surface area contributed by atoms with Crippen LogP contribution in [0.1, 0.15) is 49.8 Å². The van der Waals surface area contributed by atoms with Gasteiger partial charge in [-0.15, -0.1) is 0 Å². The number of aryl methyl sites for hydroxylation is 1. The van der Waals surface area contributed by atoms with Gasteiger partial charge in [-0.2, -0.15) is 5.10 Å². The van der Waals surface area contributed by atoms with Gasteiger partial charge in [0, 0.05) is 22.7 Å². The van der Waals surface area contributed by atoms with Crippen molar-refractivity contribution in [2.45, 2.75) is 45.6 Å². The monoisotopic (exact) mass is 535 g/mol. The lowest BCUT2D eigenvalue weighted by atomic mass is 9.79. The number of nitrogens with one attached hydrogen (secondary N) is 1. The van der Waals surface area contributed by atoms with Gasteiger partial charge in [0.2, 0.25) is 0 Å². The van der Waals surface area contributed by atoms with Crippen molar-refractivity contribution in [3.8, 4) is 5.75 Å². The molecule has 0 aliphatic carbocycles. The van der Waals surface area contributed by atoms with E-state index < -0.39 is 0 Å². The highest BCUT2D eigenvalue weighted by atomic mass is 79.9. The van der Waals surface area contributed by atoms with Crippen LogP contribution in [-0.4, -0.2) is 31.3 Å². The highest BCUT2D eigenvalue weighted by molar-refractivity contribution is 9.11. The molecule has 1 unspecified atom stereocenters. The first-order chi connectivity index (χ1) is 14.1. The fraction of sp³-hybridized carbons (Fsp3) is 0.391. The molecule has 1 N–H and O–H groups in total. The maximum atomic E-state index is 12.1. The lowest BCUT2D eigenvalue weighted by Gasteiger charge is -2.45. The van der Waals surface area contributed by atoms with Crippen LogP contribution >= 0.6 is 31.9 Å². The van der Waals surface area contributed by atoms with Crippen LogP contribution in [-0.2, 0) is 4.79 Å². The van der Waals surface area contributed by atoms with Gasteiger partial charge >= 0.3 is 0 Å². The third-order valence-electron chi connectivity index (χ3n) is 5.67. The number of amides is 1. The summed E-state index contributed by atoms with van der Waals surface area (Å²) in [6.07, 6.45) is 2.80. The molecule has 7 heteroatoms. The molecule has 0 fully saturated rings. The van der Waals surface area contributed by atoms with E-state index in [2.05, 4.69) is 94.2 Å². The lowest BCUT2D eigenvalue weighted by Crippen LogP contribution is -2.45. The number of hydrogen-bond donors (Lipinski definition) is 1. The van der Waals surface area contributed by atoms with Crippen LogP contribution in [0.15, 0.2) is 44.4 Å². The smallest absolute Gasteiger partial charge is 0.277 e. The predicted molar refractivity (Wildman–Crippen MR) is 130 cm³/mol. The molecule has 0 bridgehead atoms. The van der Waals surface area contributed by atoms with Crippen LogP contribution in [0.25, 0.3) is 0 Å². The molecular formula is C23H27Br2N3O2. The van der Waals surface area contributed by atoms with E-state index in [1.54, 1.807) is 12.3 Å². The normalized spacial score (nSPS) is 17.7. The molecule has 0 saturated heterocycles. The molecule has 0 saturated carbocycles. The van der Waals surface area contributed by atoms with Crippen molar-refractivity contribution in [1.82, 2.24) is 5.43 Å². The number of anilines is 1. The number of rotatable bonds is 5. The van der Waals surface area contributed by atoms with Gasteiger partial charge in [0.05, 0.1) is 10.7 Å². The van der Waals surface area contributed by atoms with Crippen molar-refractivity contribution >= 4 is 49.7 Å². The van der Waals surface area contributed by atoms with Crippen LogP contribution in [0.5, 0.6) is 5.75 Å². The second kappa shape index (κ2) is 9.10. The average Bonchev–Trinajstić information content (AvgIpc) is 2.66. The number of carbonyl (C=O) groups is 1. The fourth-order valence-electron chi connectivity index (χ4n) is 3.82. The molecular weight excluding hydrogens is 510 g/mol. The van der Waals surface area contributed by atoms with Gasteiger partial charge in [-0.25, -0.2) is 5.43 Å². The Morgan fingerprint density at radius 2 is 2.07 bits per heavy atom. The number of halogens is 2. The fourth-order valence-corrected chi connectivity index (χ4v) is 4.98. The second-order valence-electron chi connectivity index (χ2n) is 8.40. The third kappa shape index (κ3) is 5.06. The topological polar surface area (TPSA) is 53.9 Å². The quantitative estimate of drug-likeness (QED) is 0.389. The standard InChI is InChI=1S/C23H27Br2N3O2/c1-14-8-20-18(15(2)11-23(3,4)28(20)5)9-16(14)12-26-27-22(29)13-30-21-7-6-17(24)10-19(21)25/h6-10,12,15H,11,13H2,1-5H3,(H,27,29)/b26-12+. The Kier molecular flexibility index (Phi) is 6.92. The van der Waals surface area contributed by atoms with Crippen molar-refractivity contribution in [1.29, 1.82) is 0 Å². The van der Waals surface area contributed by atoms with E-state index in [1.807, 2.05) is 12.1 Å². The van der Waals surface area contributed by atoms with Crippen molar-refractivity contribution in [2.75, 3.05) is 18.6 Å². The van der Waals surface area contributed by atoms with Crippen LogP contribution < -0.4 is 15.1 Å². The first-order valence-corrected chi connectivity index (χ1v) is 11.4. The maximum absolute atomic E-state index is 12.1. The molecule has 1 heterocycles. The largest absolute Gasteiger partial charge is 0.483 e. The van der Waals surface area contributed by atoms with Crippen LogP contribution in [0, 0.1) is 6.92 Å². The van der Waals surface area contributed by atoms with E-state index in [0.717, 1.165) is 26.5 Å². The van der Waals surface area contributed by atoms with Gasteiger partial charge in [-0.05, 0) is 96.1 Å². The number of fused-ring (bicyclic) bond motifs is 1. The summed E-state index contributed by atoms with van der Waals surface area (Å²) in [7, 11) is 2.15. The van der Waals surface area contributed by atoms with Gasteiger partial charge in [0.15, 0.2) is 6.61 Å². The van der Waals surface area contributed by atoms with Crippen LogP contribution in [0.4, 0.5) is 5.69 Å². The SMILES string of the molecule is Cc1cc2c(cc1/C=N/NC(=O)COc1ccc(Br)cc1Br)C(C)CC(C)(C)N2C. The first kappa shape index (κ1) is 22.8. The Bertz CT molecular complexity index is 989. The second-order valence-corrected chi connectivity index (χ2v) is 10.2. The van der Waals surface area contributed by atoms with Gasteiger partial charge in [-0.3, -0.25) is 4.79 Å². The molecule has 1 aliphatic heterocycles. The first-order valence-electron chi connectivity index (χ1n) is 9.86. The van der Waals surface area contributed by atoms with E-state index in [4.69, 9.17) is 4.74 Å². The highest BCUT2D eigenvalue weighted by Crippen LogP contribution is 2.43. The third-order valence-corrected chi connectivity index (χ3v) is 6.78. The van der Waals surface area contributed by atoms with Crippen LogP contribution in [0.2, 0.25) is 0 Å². The number of nitrogens with zero attached hydrogens (tertiary/aromatic N) is 2. The molecule has 160 valence electrons. The lowest BCUT2D eigenvalue weighted by molar-refractivity contribution is -0.123. The summed E-state index contributed by atoms with van der Waals surface area (Å²) in [6, 6.07) is 9.91. The summed E-state index contributed by atoms with van der Waals surface area (Å²) in [4.78, 5) is 14.4. The maximum Gasteiger partial charge on any atom is 0.277 e. The summed E-state index contributed by atoms with van der Waals surface area (Å²) < 4.78 is 7.25. The molecule has 1 aliphatic rings. The van der Waals surface area contributed by atoms with E-state index in [9.17, 15) is 4.79 Å². The zero-order chi connectivity index (χ0) is 22.1. The van der Waals surface area contributed by atoms with Crippen molar-refractivity contribution in [3.05, 3.63) is 56.0 Å². The number of hydrazone groups is 1. The average molecular weight is 537 g/mol. The van der Waals surface area contributed by atoms with Gasteiger partial charge < -0.3 is 9.64 Å². The van der Waals surface area contributed by atoms with E-state index in [1.165, 1.54) is 11.3 Å². The molecule has 2 aromatic carbocycles. The Hall–Kier alpha value is -1.86. The molecule has 1 atom stereocenters. The molecule has 0 radical (unpaired) electrons. The van der Waals surface area contributed by atoms with Gasteiger partial charge in [0.25, 0.3) is 5.91 Å². The Balaban J connectivity index is 1.65. The summed E-state index contributed by atoms with van der Waals surface area (Å²) >= 11 is 6.80. The van der Waals surface area contributed by atoms with E-state index in [-0.39, 0.29) is 18.1 Å². The molecule has 5 nitrogen and oxygen atoms in total. The number of benzene rings is 2. The molecule has 3 rings (SSSR count). The predicted octanol–water partition coefficient (Wildman–Crippen LogP) is 5.77. The minimum atomic E-state index is -0.313.